The Balaban J connectivity index is 1.72. The molecule has 0 radical (unpaired) electrons. The van der Waals surface area contributed by atoms with Crippen molar-refractivity contribution >= 4 is 5.95 Å². The Morgan fingerprint density at radius 1 is 1.20 bits per heavy atom. The number of hydrogen-bond acceptors (Lipinski definition) is 4. The fraction of sp³-hybridized carbons (Fsp3) is 0.400. The van der Waals surface area contributed by atoms with E-state index < -0.39 is 0 Å². The van der Waals surface area contributed by atoms with E-state index in [1.165, 1.54) is 5.56 Å². The van der Waals surface area contributed by atoms with Gasteiger partial charge in [0.05, 0.1) is 19.3 Å². The summed E-state index contributed by atoms with van der Waals surface area (Å²) in [6.45, 7) is 2.39. The summed E-state index contributed by atoms with van der Waals surface area (Å²) in [7, 11) is 0. The van der Waals surface area contributed by atoms with Gasteiger partial charge in [-0.1, -0.05) is 6.07 Å². The van der Waals surface area contributed by atoms with E-state index in [0.717, 1.165) is 50.0 Å². The van der Waals surface area contributed by atoms with Crippen molar-refractivity contribution in [3.8, 4) is 11.5 Å². The summed E-state index contributed by atoms with van der Waals surface area (Å²) < 4.78 is 13.7. The molecule has 1 atom stereocenters. The maximum absolute atomic E-state index is 5.78. The number of anilines is 1. The maximum atomic E-state index is 5.78. The SMILES string of the molecule is c1cn2c(n1)NCCC2c1ccc2c(c1)OCCCO2. The molecular weight excluding hydrogens is 254 g/mol. The predicted molar refractivity (Wildman–Crippen MR) is 75.5 cm³/mol. The van der Waals surface area contributed by atoms with Gasteiger partial charge in [-0.3, -0.25) is 0 Å². The molecule has 1 aromatic heterocycles. The first-order valence-electron chi connectivity index (χ1n) is 7.08. The lowest BCUT2D eigenvalue weighted by Gasteiger charge is -2.26. The normalized spacial score (nSPS) is 20.7. The van der Waals surface area contributed by atoms with Crippen molar-refractivity contribution in [3.05, 3.63) is 36.2 Å². The summed E-state index contributed by atoms with van der Waals surface area (Å²) in [6, 6.07) is 6.58. The van der Waals surface area contributed by atoms with Crippen LogP contribution in [0.4, 0.5) is 5.95 Å². The summed E-state index contributed by atoms with van der Waals surface area (Å²) in [6.07, 6.45) is 5.84. The fourth-order valence-electron chi connectivity index (χ4n) is 2.88. The molecule has 0 amide bonds. The van der Waals surface area contributed by atoms with Crippen molar-refractivity contribution in [3.63, 3.8) is 0 Å². The number of imidazole rings is 1. The predicted octanol–water partition coefficient (Wildman–Crippen LogP) is 2.45. The second-order valence-corrected chi connectivity index (χ2v) is 5.15. The molecule has 3 heterocycles. The number of aromatic nitrogens is 2. The fourth-order valence-corrected chi connectivity index (χ4v) is 2.88. The summed E-state index contributed by atoms with van der Waals surface area (Å²) in [4.78, 5) is 4.33. The molecule has 5 nitrogen and oxygen atoms in total. The average Bonchev–Trinajstić information content (AvgIpc) is 2.84. The van der Waals surface area contributed by atoms with E-state index in [0.29, 0.717) is 6.04 Å². The minimum absolute atomic E-state index is 0.311. The molecule has 1 aromatic carbocycles. The molecule has 104 valence electrons. The van der Waals surface area contributed by atoms with Gasteiger partial charge in [-0.05, 0) is 24.1 Å². The quantitative estimate of drug-likeness (QED) is 0.865. The van der Waals surface area contributed by atoms with E-state index in [-0.39, 0.29) is 0 Å². The van der Waals surface area contributed by atoms with E-state index in [1.807, 2.05) is 18.5 Å². The Morgan fingerprint density at radius 3 is 3.05 bits per heavy atom. The van der Waals surface area contributed by atoms with E-state index in [2.05, 4.69) is 27.0 Å². The Bertz CT molecular complexity index is 623. The summed E-state index contributed by atoms with van der Waals surface area (Å²) >= 11 is 0. The molecule has 0 saturated heterocycles. The lowest BCUT2D eigenvalue weighted by atomic mass is 10.0. The molecule has 2 aliphatic heterocycles. The number of rotatable bonds is 1. The van der Waals surface area contributed by atoms with Crippen LogP contribution in [-0.2, 0) is 0 Å². The number of ether oxygens (including phenoxy) is 2. The minimum atomic E-state index is 0.311. The third-order valence-corrected chi connectivity index (χ3v) is 3.86. The topological polar surface area (TPSA) is 48.3 Å². The van der Waals surface area contributed by atoms with E-state index >= 15 is 0 Å². The largest absolute Gasteiger partial charge is 0.490 e. The first kappa shape index (κ1) is 11.6. The molecule has 0 saturated carbocycles. The Hall–Kier alpha value is -2.17. The highest BCUT2D eigenvalue weighted by Gasteiger charge is 2.22. The number of hydrogen-bond donors (Lipinski definition) is 1. The van der Waals surface area contributed by atoms with Crippen molar-refractivity contribution in [2.75, 3.05) is 25.1 Å². The molecular formula is C15H17N3O2. The Kier molecular flexibility index (Phi) is 2.76. The van der Waals surface area contributed by atoms with Crippen LogP contribution >= 0.6 is 0 Å². The summed E-state index contributed by atoms with van der Waals surface area (Å²) in [5, 5.41) is 3.31. The lowest BCUT2D eigenvalue weighted by molar-refractivity contribution is 0.297. The standard InChI is InChI=1S/C15H17N3O2/c1-8-19-13-3-2-11(10-14(13)20-9-1)12-4-5-16-15-17-6-7-18(12)15/h2-3,6-7,10,12H,1,4-5,8-9H2,(H,16,17). The van der Waals surface area contributed by atoms with Gasteiger partial charge in [-0.2, -0.15) is 0 Å². The molecule has 20 heavy (non-hydrogen) atoms. The van der Waals surface area contributed by atoms with Gasteiger partial charge >= 0.3 is 0 Å². The highest BCUT2D eigenvalue weighted by Crippen LogP contribution is 2.36. The van der Waals surface area contributed by atoms with Gasteiger partial charge in [-0.15, -0.1) is 0 Å². The molecule has 4 rings (SSSR count). The van der Waals surface area contributed by atoms with E-state index in [9.17, 15) is 0 Å². The van der Waals surface area contributed by atoms with E-state index in [1.54, 1.807) is 0 Å². The highest BCUT2D eigenvalue weighted by molar-refractivity contribution is 5.45. The second kappa shape index (κ2) is 4.74. The van der Waals surface area contributed by atoms with Gasteiger partial charge in [0.15, 0.2) is 11.5 Å². The number of nitrogens with one attached hydrogen (secondary N) is 1. The molecule has 0 spiro atoms. The van der Waals surface area contributed by atoms with Crippen molar-refractivity contribution < 1.29 is 9.47 Å². The van der Waals surface area contributed by atoms with Crippen molar-refractivity contribution in [1.82, 2.24) is 9.55 Å². The maximum Gasteiger partial charge on any atom is 0.203 e. The Labute approximate surface area is 117 Å². The van der Waals surface area contributed by atoms with Crippen LogP contribution in [0.5, 0.6) is 11.5 Å². The van der Waals surface area contributed by atoms with Crippen molar-refractivity contribution in [2.45, 2.75) is 18.9 Å². The van der Waals surface area contributed by atoms with Crippen LogP contribution in [0.2, 0.25) is 0 Å². The van der Waals surface area contributed by atoms with Gasteiger partial charge in [0.1, 0.15) is 0 Å². The molecule has 1 unspecified atom stereocenters. The zero-order valence-corrected chi connectivity index (χ0v) is 11.2. The molecule has 0 bridgehead atoms. The third-order valence-electron chi connectivity index (χ3n) is 3.86. The van der Waals surface area contributed by atoms with Crippen LogP contribution in [0.1, 0.15) is 24.4 Å². The first-order valence-corrected chi connectivity index (χ1v) is 7.08. The Morgan fingerprint density at radius 2 is 2.10 bits per heavy atom. The van der Waals surface area contributed by atoms with Crippen LogP contribution in [0.15, 0.2) is 30.6 Å². The van der Waals surface area contributed by atoms with Crippen LogP contribution in [0.3, 0.4) is 0 Å². The van der Waals surface area contributed by atoms with E-state index in [4.69, 9.17) is 9.47 Å². The number of fused-ring (bicyclic) bond motifs is 2. The van der Waals surface area contributed by atoms with Gasteiger partial charge in [-0.25, -0.2) is 4.98 Å². The highest BCUT2D eigenvalue weighted by atomic mass is 16.5. The van der Waals surface area contributed by atoms with Crippen LogP contribution in [0, 0.1) is 0 Å². The number of benzene rings is 1. The second-order valence-electron chi connectivity index (χ2n) is 5.15. The first-order chi connectivity index (χ1) is 9.92. The molecule has 1 N–H and O–H groups in total. The van der Waals surface area contributed by atoms with Gasteiger partial charge in [0, 0.05) is 25.4 Å². The molecule has 2 aliphatic rings. The smallest absolute Gasteiger partial charge is 0.203 e. The van der Waals surface area contributed by atoms with Gasteiger partial charge in [0.2, 0.25) is 5.95 Å². The zero-order chi connectivity index (χ0) is 13.4. The van der Waals surface area contributed by atoms with Gasteiger partial charge in [0.25, 0.3) is 0 Å². The third kappa shape index (κ3) is 1.90. The van der Waals surface area contributed by atoms with Crippen molar-refractivity contribution in [2.24, 2.45) is 0 Å². The van der Waals surface area contributed by atoms with Gasteiger partial charge < -0.3 is 19.4 Å². The molecule has 5 heteroatoms. The lowest BCUT2D eigenvalue weighted by Crippen LogP contribution is -2.23. The monoisotopic (exact) mass is 271 g/mol. The summed E-state index contributed by atoms with van der Waals surface area (Å²) in [5.74, 6) is 2.65. The average molecular weight is 271 g/mol. The van der Waals surface area contributed by atoms with Crippen LogP contribution < -0.4 is 14.8 Å². The van der Waals surface area contributed by atoms with Crippen LogP contribution in [-0.4, -0.2) is 29.3 Å². The van der Waals surface area contributed by atoms with Crippen LogP contribution in [0.25, 0.3) is 0 Å². The molecule has 0 fully saturated rings. The minimum Gasteiger partial charge on any atom is -0.490 e. The molecule has 2 aromatic rings. The molecule has 0 aliphatic carbocycles. The number of nitrogens with zero attached hydrogens (tertiary/aromatic N) is 2. The van der Waals surface area contributed by atoms with Crippen molar-refractivity contribution in [1.29, 1.82) is 0 Å². The summed E-state index contributed by atoms with van der Waals surface area (Å²) in [5.41, 5.74) is 1.25. The zero-order valence-electron chi connectivity index (χ0n) is 11.2.